The van der Waals surface area contributed by atoms with Gasteiger partial charge in [-0.2, -0.15) is 0 Å². The average molecular weight is 421 g/mol. The fourth-order valence-electron chi connectivity index (χ4n) is 1.87. The standard InChI is InChI=1S/C14H17ClN4O.HI/c1-16-14(17-9-13-6-7-20-18-13)19(2)10-11-4-3-5-12(15)8-11;/h3-8H,9-10H2,1-2H3,(H,16,17);1H. The summed E-state index contributed by atoms with van der Waals surface area (Å²) in [5.74, 6) is 0.785. The van der Waals surface area contributed by atoms with Crippen molar-refractivity contribution in [1.82, 2.24) is 15.4 Å². The highest BCUT2D eigenvalue weighted by molar-refractivity contribution is 14.0. The minimum absolute atomic E-state index is 0. The molecule has 0 fully saturated rings. The molecule has 0 atom stereocenters. The summed E-state index contributed by atoms with van der Waals surface area (Å²) < 4.78 is 4.79. The van der Waals surface area contributed by atoms with Crippen LogP contribution in [0.1, 0.15) is 11.3 Å². The van der Waals surface area contributed by atoms with Crippen LogP contribution in [0.15, 0.2) is 46.1 Å². The first-order valence-electron chi connectivity index (χ1n) is 6.24. The fourth-order valence-corrected chi connectivity index (χ4v) is 2.08. The molecule has 2 rings (SSSR count). The maximum atomic E-state index is 5.99. The number of nitrogens with zero attached hydrogens (tertiary/aromatic N) is 3. The van der Waals surface area contributed by atoms with Crippen LogP contribution in [0, 0.1) is 0 Å². The molecule has 0 aliphatic rings. The lowest BCUT2D eigenvalue weighted by atomic mass is 10.2. The van der Waals surface area contributed by atoms with Crippen molar-refractivity contribution < 1.29 is 4.52 Å². The Kier molecular flexibility index (Phi) is 7.52. The third-order valence-electron chi connectivity index (χ3n) is 2.80. The van der Waals surface area contributed by atoms with Gasteiger partial charge >= 0.3 is 0 Å². The Labute approximate surface area is 146 Å². The van der Waals surface area contributed by atoms with Crippen LogP contribution in [0.3, 0.4) is 0 Å². The van der Waals surface area contributed by atoms with Crippen LogP contribution < -0.4 is 5.32 Å². The Morgan fingerprint density at radius 1 is 1.43 bits per heavy atom. The van der Waals surface area contributed by atoms with E-state index in [1.807, 2.05) is 42.3 Å². The van der Waals surface area contributed by atoms with Gasteiger partial charge in [-0.25, -0.2) is 0 Å². The lowest BCUT2D eigenvalue weighted by molar-refractivity contribution is 0.409. The Morgan fingerprint density at radius 2 is 2.24 bits per heavy atom. The summed E-state index contributed by atoms with van der Waals surface area (Å²) in [6, 6.07) is 9.60. The normalized spacial score (nSPS) is 10.9. The second-order valence-corrected chi connectivity index (χ2v) is 4.81. The molecule has 2 aromatic rings. The molecule has 0 unspecified atom stereocenters. The SMILES string of the molecule is CN=C(NCc1ccon1)N(C)Cc1cccc(Cl)c1.I. The summed E-state index contributed by atoms with van der Waals surface area (Å²) in [5.41, 5.74) is 1.96. The zero-order chi connectivity index (χ0) is 14.4. The number of guanidine groups is 1. The zero-order valence-electron chi connectivity index (χ0n) is 11.9. The molecule has 1 aromatic heterocycles. The van der Waals surface area contributed by atoms with Crippen molar-refractivity contribution in [3.05, 3.63) is 52.9 Å². The molecule has 0 aliphatic heterocycles. The summed E-state index contributed by atoms with van der Waals surface area (Å²) in [7, 11) is 3.72. The van der Waals surface area contributed by atoms with Crippen molar-refractivity contribution in [3.63, 3.8) is 0 Å². The molecular weight excluding hydrogens is 403 g/mol. The van der Waals surface area contributed by atoms with Gasteiger partial charge in [0.05, 0.1) is 6.54 Å². The Morgan fingerprint density at radius 3 is 2.86 bits per heavy atom. The van der Waals surface area contributed by atoms with Gasteiger partial charge in [-0.05, 0) is 17.7 Å². The number of aliphatic imine (C=N–C) groups is 1. The van der Waals surface area contributed by atoms with Gasteiger partial charge in [0, 0.05) is 31.7 Å². The average Bonchev–Trinajstić information content (AvgIpc) is 2.92. The van der Waals surface area contributed by atoms with Crippen molar-refractivity contribution in [2.24, 2.45) is 4.99 Å². The van der Waals surface area contributed by atoms with Gasteiger partial charge in [0.15, 0.2) is 5.96 Å². The predicted molar refractivity (Wildman–Crippen MR) is 95.0 cm³/mol. The second kappa shape index (κ2) is 8.89. The molecule has 21 heavy (non-hydrogen) atoms. The quantitative estimate of drug-likeness (QED) is 0.469. The van der Waals surface area contributed by atoms with Crippen LogP contribution in [0.2, 0.25) is 5.02 Å². The summed E-state index contributed by atoms with van der Waals surface area (Å²) in [6.07, 6.45) is 1.55. The topological polar surface area (TPSA) is 53.7 Å². The van der Waals surface area contributed by atoms with Crippen molar-refractivity contribution in [1.29, 1.82) is 0 Å². The van der Waals surface area contributed by atoms with Crippen molar-refractivity contribution in [3.8, 4) is 0 Å². The molecule has 0 saturated heterocycles. The Hall–Kier alpha value is -1.28. The van der Waals surface area contributed by atoms with Gasteiger partial charge in [-0.1, -0.05) is 28.9 Å². The number of aromatic nitrogens is 1. The molecule has 0 spiro atoms. The van der Waals surface area contributed by atoms with E-state index >= 15 is 0 Å². The van der Waals surface area contributed by atoms with Gasteiger partial charge in [-0.15, -0.1) is 24.0 Å². The van der Waals surface area contributed by atoms with Crippen LogP contribution in [0.25, 0.3) is 0 Å². The first kappa shape index (κ1) is 17.8. The number of halogens is 2. The summed E-state index contributed by atoms with van der Waals surface area (Å²) >= 11 is 5.99. The number of nitrogens with one attached hydrogen (secondary N) is 1. The lowest BCUT2D eigenvalue weighted by Crippen LogP contribution is -2.38. The third-order valence-corrected chi connectivity index (χ3v) is 3.04. The van der Waals surface area contributed by atoms with E-state index in [0.717, 1.165) is 28.8 Å². The molecule has 0 aliphatic carbocycles. The summed E-state index contributed by atoms with van der Waals surface area (Å²) in [5, 5.41) is 7.81. The molecule has 0 bridgehead atoms. The van der Waals surface area contributed by atoms with E-state index in [0.29, 0.717) is 6.54 Å². The number of rotatable bonds is 4. The van der Waals surface area contributed by atoms with Crippen molar-refractivity contribution in [2.75, 3.05) is 14.1 Å². The molecule has 0 amide bonds. The van der Waals surface area contributed by atoms with E-state index < -0.39 is 0 Å². The maximum Gasteiger partial charge on any atom is 0.194 e. The smallest absolute Gasteiger partial charge is 0.194 e. The van der Waals surface area contributed by atoms with Gasteiger partial charge < -0.3 is 14.7 Å². The largest absolute Gasteiger partial charge is 0.364 e. The van der Waals surface area contributed by atoms with Crippen LogP contribution >= 0.6 is 35.6 Å². The van der Waals surface area contributed by atoms with Crippen molar-refractivity contribution in [2.45, 2.75) is 13.1 Å². The minimum Gasteiger partial charge on any atom is -0.364 e. The van der Waals surface area contributed by atoms with Gasteiger partial charge in [-0.3, -0.25) is 4.99 Å². The molecule has 1 N–H and O–H groups in total. The molecule has 5 nitrogen and oxygen atoms in total. The lowest BCUT2D eigenvalue weighted by Gasteiger charge is -2.21. The Bertz CT molecular complexity index is 574. The van der Waals surface area contributed by atoms with E-state index in [2.05, 4.69) is 15.5 Å². The fraction of sp³-hybridized carbons (Fsp3) is 0.286. The Balaban J connectivity index is 0.00000220. The van der Waals surface area contributed by atoms with Gasteiger partial charge in [0.2, 0.25) is 0 Å². The molecule has 114 valence electrons. The van der Waals surface area contributed by atoms with Crippen molar-refractivity contribution >= 4 is 41.5 Å². The molecule has 7 heteroatoms. The van der Waals surface area contributed by atoms with Gasteiger partial charge in [0.25, 0.3) is 0 Å². The van der Waals surface area contributed by atoms with E-state index in [4.69, 9.17) is 16.1 Å². The molecule has 0 radical (unpaired) electrons. The molecule has 1 heterocycles. The molecule has 1 aromatic carbocycles. The molecule has 0 saturated carbocycles. The highest BCUT2D eigenvalue weighted by atomic mass is 127. The number of hydrogen-bond donors (Lipinski definition) is 1. The van der Waals surface area contributed by atoms with Crippen LogP contribution in [0.5, 0.6) is 0 Å². The van der Waals surface area contributed by atoms with E-state index in [1.165, 1.54) is 0 Å². The van der Waals surface area contributed by atoms with Crippen LogP contribution in [0.4, 0.5) is 0 Å². The summed E-state index contributed by atoms with van der Waals surface area (Å²) in [6.45, 7) is 1.29. The highest BCUT2D eigenvalue weighted by Gasteiger charge is 2.07. The highest BCUT2D eigenvalue weighted by Crippen LogP contribution is 2.12. The van der Waals surface area contributed by atoms with Crippen LogP contribution in [-0.4, -0.2) is 30.1 Å². The number of benzene rings is 1. The maximum absolute atomic E-state index is 5.99. The first-order chi connectivity index (χ1) is 9.69. The third kappa shape index (κ3) is 5.55. The second-order valence-electron chi connectivity index (χ2n) is 4.38. The van der Waals surface area contributed by atoms with Gasteiger partial charge in [0.1, 0.15) is 12.0 Å². The summed E-state index contributed by atoms with van der Waals surface area (Å²) in [4.78, 5) is 6.27. The monoisotopic (exact) mass is 420 g/mol. The predicted octanol–water partition coefficient (Wildman–Crippen LogP) is 3.15. The first-order valence-corrected chi connectivity index (χ1v) is 6.62. The molecular formula is C14H18ClIN4O. The van der Waals surface area contributed by atoms with E-state index in [1.54, 1.807) is 13.3 Å². The van der Waals surface area contributed by atoms with Crippen LogP contribution in [-0.2, 0) is 13.1 Å². The van der Waals surface area contributed by atoms with E-state index in [-0.39, 0.29) is 24.0 Å². The number of hydrogen-bond acceptors (Lipinski definition) is 3. The minimum atomic E-state index is 0. The van der Waals surface area contributed by atoms with E-state index in [9.17, 15) is 0 Å². The zero-order valence-corrected chi connectivity index (χ0v) is 15.0.